The highest BCUT2D eigenvalue weighted by Crippen LogP contribution is 2.34. The zero-order chi connectivity index (χ0) is 14.2. The van der Waals surface area contributed by atoms with Crippen molar-refractivity contribution in [1.29, 1.82) is 0 Å². The number of anilines is 1. The summed E-state index contributed by atoms with van der Waals surface area (Å²) >= 11 is 0. The Morgan fingerprint density at radius 3 is 2.79 bits per heavy atom. The molecule has 0 spiro atoms. The number of aryl methyl sites for hydroxylation is 1. The fourth-order valence-electron chi connectivity index (χ4n) is 2.23. The van der Waals surface area contributed by atoms with E-state index in [1.54, 1.807) is 6.92 Å². The summed E-state index contributed by atoms with van der Waals surface area (Å²) < 4.78 is 18.9. The SMILES string of the molecule is Cc1cc(NC2(C)CCOC2C)c([N+](=O)[O-])cc1F. The van der Waals surface area contributed by atoms with E-state index in [1.165, 1.54) is 6.07 Å². The van der Waals surface area contributed by atoms with Gasteiger partial charge in [-0.2, -0.15) is 0 Å². The van der Waals surface area contributed by atoms with Gasteiger partial charge in [-0.25, -0.2) is 4.39 Å². The molecule has 0 bridgehead atoms. The van der Waals surface area contributed by atoms with Crippen molar-refractivity contribution in [3.05, 3.63) is 33.6 Å². The van der Waals surface area contributed by atoms with Crippen LogP contribution in [-0.2, 0) is 4.74 Å². The average Bonchev–Trinajstić information content (AvgIpc) is 2.63. The Labute approximate surface area is 110 Å². The van der Waals surface area contributed by atoms with Crippen LogP contribution in [0.4, 0.5) is 15.8 Å². The zero-order valence-corrected chi connectivity index (χ0v) is 11.2. The molecule has 1 aromatic carbocycles. The van der Waals surface area contributed by atoms with Gasteiger partial charge in [-0.05, 0) is 38.8 Å². The van der Waals surface area contributed by atoms with Crippen molar-refractivity contribution >= 4 is 11.4 Å². The van der Waals surface area contributed by atoms with Crippen LogP contribution in [0.1, 0.15) is 25.8 Å². The summed E-state index contributed by atoms with van der Waals surface area (Å²) in [6.45, 7) is 6.06. The van der Waals surface area contributed by atoms with E-state index in [1.807, 2.05) is 13.8 Å². The van der Waals surface area contributed by atoms with Gasteiger partial charge in [0.05, 0.1) is 22.6 Å². The first-order valence-corrected chi connectivity index (χ1v) is 6.18. The van der Waals surface area contributed by atoms with Crippen molar-refractivity contribution in [3.8, 4) is 0 Å². The largest absolute Gasteiger partial charge is 0.376 e. The molecular weight excluding hydrogens is 251 g/mol. The minimum absolute atomic E-state index is 0.0579. The quantitative estimate of drug-likeness (QED) is 0.676. The van der Waals surface area contributed by atoms with Gasteiger partial charge in [0.25, 0.3) is 5.69 Å². The van der Waals surface area contributed by atoms with Gasteiger partial charge >= 0.3 is 0 Å². The molecule has 0 amide bonds. The third kappa shape index (κ3) is 2.53. The fourth-order valence-corrected chi connectivity index (χ4v) is 2.23. The fraction of sp³-hybridized carbons (Fsp3) is 0.538. The highest BCUT2D eigenvalue weighted by Gasteiger charge is 2.38. The molecule has 1 aliphatic rings. The van der Waals surface area contributed by atoms with E-state index < -0.39 is 10.7 Å². The lowest BCUT2D eigenvalue weighted by Crippen LogP contribution is -2.41. The molecule has 19 heavy (non-hydrogen) atoms. The Bertz CT molecular complexity index is 521. The standard InChI is InChI=1S/C13H17FN2O3/c1-8-6-11(12(16(17)18)7-10(8)14)15-13(3)4-5-19-9(13)2/h6-7,9,15H,4-5H2,1-3H3. The van der Waals surface area contributed by atoms with E-state index in [-0.39, 0.29) is 17.3 Å². The molecule has 1 fully saturated rings. The summed E-state index contributed by atoms with van der Waals surface area (Å²) in [4.78, 5) is 10.4. The number of benzene rings is 1. The second-order valence-electron chi connectivity index (χ2n) is 5.18. The monoisotopic (exact) mass is 268 g/mol. The molecule has 2 rings (SSSR count). The molecule has 0 aliphatic carbocycles. The molecule has 0 aromatic heterocycles. The van der Waals surface area contributed by atoms with Gasteiger partial charge in [0, 0.05) is 6.61 Å². The van der Waals surface area contributed by atoms with Crippen LogP contribution in [0.25, 0.3) is 0 Å². The average molecular weight is 268 g/mol. The number of hydrogen-bond donors (Lipinski definition) is 1. The summed E-state index contributed by atoms with van der Waals surface area (Å²) in [6.07, 6.45) is 0.694. The van der Waals surface area contributed by atoms with Gasteiger partial charge in [0.1, 0.15) is 11.5 Å². The van der Waals surface area contributed by atoms with Crippen LogP contribution >= 0.6 is 0 Å². The molecule has 2 unspecified atom stereocenters. The summed E-state index contributed by atoms with van der Waals surface area (Å²) in [7, 11) is 0. The van der Waals surface area contributed by atoms with Gasteiger partial charge < -0.3 is 10.1 Å². The molecule has 1 heterocycles. The first kappa shape index (κ1) is 13.7. The lowest BCUT2D eigenvalue weighted by molar-refractivity contribution is -0.384. The van der Waals surface area contributed by atoms with Crippen LogP contribution in [0.15, 0.2) is 12.1 Å². The van der Waals surface area contributed by atoms with Gasteiger partial charge in [-0.1, -0.05) is 0 Å². The second kappa shape index (κ2) is 4.77. The highest BCUT2D eigenvalue weighted by atomic mass is 19.1. The Morgan fingerprint density at radius 2 is 2.26 bits per heavy atom. The molecule has 0 saturated carbocycles. The summed E-state index contributed by atoms with van der Waals surface area (Å²) in [5.74, 6) is -0.571. The number of ether oxygens (including phenoxy) is 1. The molecular formula is C13H17FN2O3. The number of nitro groups is 1. The molecule has 6 heteroatoms. The van der Waals surface area contributed by atoms with Crippen molar-refractivity contribution in [2.45, 2.75) is 38.8 Å². The first-order valence-electron chi connectivity index (χ1n) is 6.18. The predicted octanol–water partition coefficient (Wildman–Crippen LogP) is 3.02. The number of halogens is 1. The second-order valence-corrected chi connectivity index (χ2v) is 5.18. The van der Waals surface area contributed by atoms with E-state index in [2.05, 4.69) is 5.32 Å². The number of nitrogens with zero attached hydrogens (tertiary/aromatic N) is 1. The Hall–Kier alpha value is -1.69. The molecule has 1 N–H and O–H groups in total. The molecule has 0 radical (unpaired) electrons. The Morgan fingerprint density at radius 1 is 1.58 bits per heavy atom. The maximum absolute atomic E-state index is 13.4. The van der Waals surface area contributed by atoms with E-state index >= 15 is 0 Å². The Kier molecular flexibility index (Phi) is 3.45. The third-order valence-corrected chi connectivity index (χ3v) is 3.78. The van der Waals surface area contributed by atoms with Crippen molar-refractivity contribution in [2.24, 2.45) is 0 Å². The smallest absolute Gasteiger partial charge is 0.295 e. The van der Waals surface area contributed by atoms with Gasteiger partial charge in [-0.3, -0.25) is 10.1 Å². The summed E-state index contributed by atoms with van der Waals surface area (Å²) in [6, 6.07) is 2.44. The number of rotatable bonds is 3. The topological polar surface area (TPSA) is 64.4 Å². The minimum Gasteiger partial charge on any atom is -0.376 e. The Balaban J connectivity index is 2.39. The van der Waals surface area contributed by atoms with Gasteiger partial charge in [-0.15, -0.1) is 0 Å². The van der Waals surface area contributed by atoms with Crippen LogP contribution in [0, 0.1) is 22.9 Å². The number of nitrogens with one attached hydrogen (secondary N) is 1. The molecule has 104 valence electrons. The lowest BCUT2D eigenvalue weighted by atomic mass is 9.94. The zero-order valence-electron chi connectivity index (χ0n) is 11.2. The lowest BCUT2D eigenvalue weighted by Gasteiger charge is -2.30. The van der Waals surface area contributed by atoms with Crippen molar-refractivity contribution in [2.75, 3.05) is 11.9 Å². The molecule has 5 nitrogen and oxygen atoms in total. The van der Waals surface area contributed by atoms with Crippen LogP contribution in [0.5, 0.6) is 0 Å². The van der Waals surface area contributed by atoms with Crippen LogP contribution in [0.3, 0.4) is 0 Å². The van der Waals surface area contributed by atoms with Crippen LogP contribution in [-0.4, -0.2) is 23.2 Å². The number of nitro benzene ring substituents is 1. The van der Waals surface area contributed by atoms with E-state index in [9.17, 15) is 14.5 Å². The molecule has 1 saturated heterocycles. The summed E-state index contributed by atoms with van der Waals surface area (Å²) in [5.41, 5.74) is 0.0881. The van der Waals surface area contributed by atoms with E-state index in [0.29, 0.717) is 17.9 Å². The van der Waals surface area contributed by atoms with Crippen LogP contribution < -0.4 is 5.32 Å². The maximum atomic E-state index is 13.4. The number of hydrogen-bond acceptors (Lipinski definition) is 4. The summed E-state index contributed by atoms with van der Waals surface area (Å²) in [5, 5.41) is 14.2. The van der Waals surface area contributed by atoms with Crippen molar-refractivity contribution < 1.29 is 14.1 Å². The van der Waals surface area contributed by atoms with Gasteiger partial charge in [0.2, 0.25) is 0 Å². The highest BCUT2D eigenvalue weighted by molar-refractivity contribution is 5.64. The maximum Gasteiger partial charge on any atom is 0.295 e. The molecule has 1 aromatic rings. The van der Waals surface area contributed by atoms with E-state index in [0.717, 1.165) is 12.5 Å². The van der Waals surface area contributed by atoms with Crippen molar-refractivity contribution in [1.82, 2.24) is 0 Å². The normalized spacial score (nSPS) is 26.4. The predicted molar refractivity (Wildman–Crippen MR) is 69.9 cm³/mol. The van der Waals surface area contributed by atoms with Gasteiger partial charge in [0.15, 0.2) is 0 Å². The molecule has 1 aliphatic heterocycles. The molecule has 2 atom stereocenters. The van der Waals surface area contributed by atoms with Crippen LogP contribution in [0.2, 0.25) is 0 Å². The first-order chi connectivity index (χ1) is 8.83. The minimum atomic E-state index is -0.575. The van der Waals surface area contributed by atoms with E-state index in [4.69, 9.17) is 4.74 Å². The third-order valence-electron chi connectivity index (χ3n) is 3.78. The van der Waals surface area contributed by atoms with Crippen molar-refractivity contribution in [3.63, 3.8) is 0 Å².